The summed E-state index contributed by atoms with van der Waals surface area (Å²) >= 11 is 0. The molecule has 3 amide bonds. The Morgan fingerprint density at radius 3 is 2.38 bits per heavy atom. The smallest absolute Gasteiger partial charge is 0.322 e. The fourth-order valence-electron chi connectivity index (χ4n) is 2.63. The highest BCUT2D eigenvalue weighted by Crippen LogP contribution is 2.40. The van der Waals surface area contributed by atoms with Gasteiger partial charge in [0.15, 0.2) is 0 Å². The van der Waals surface area contributed by atoms with E-state index in [4.69, 9.17) is 0 Å². The molecule has 21 heavy (non-hydrogen) atoms. The molecule has 1 aliphatic heterocycles. The molecule has 0 spiro atoms. The summed E-state index contributed by atoms with van der Waals surface area (Å²) in [6.45, 7) is 5.90. The molecule has 3 rings (SSSR count). The van der Waals surface area contributed by atoms with Crippen LogP contribution in [0.5, 0.6) is 0 Å². The maximum atomic E-state index is 12.5. The molecule has 1 fully saturated rings. The molecule has 0 radical (unpaired) electrons. The first-order valence-electron chi connectivity index (χ1n) is 7.37. The van der Waals surface area contributed by atoms with E-state index in [1.54, 1.807) is 4.90 Å². The molecule has 0 unspecified atom stereocenters. The zero-order valence-electron chi connectivity index (χ0n) is 12.7. The summed E-state index contributed by atoms with van der Waals surface area (Å²) in [6.07, 6.45) is 2.10. The van der Waals surface area contributed by atoms with Crippen LogP contribution in [0.25, 0.3) is 0 Å². The van der Waals surface area contributed by atoms with E-state index in [9.17, 15) is 9.59 Å². The lowest BCUT2D eigenvalue weighted by Crippen LogP contribution is -2.55. The van der Waals surface area contributed by atoms with Gasteiger partial charge in [-0.05, 0) is 45.7 Å². The average Bonchev–Trinajstić information content (AvgIpc) is 3.20. The third kappa shape index (κ3) is 2.73. The summed E-state index contributed by atoms with van der Waals surface area (Å²) in [5, 5.41) is 2.93. The van der Waals surface area contributed by atoms with Crippen LogP contribution in [0.1, 0.15) is 33.6 Å². The number of hydrogen-bond acceptors (Lipinski definition) is 2. The lowest BCUT2D eigenvalue weighted by atomic mass is 10.1. The van der Waals surface area contributed by atoms with Crippen LogP contribution in [0.2, 0.25) is 0 Å². The minimum atomic E-state index is -0.331. The maximum absolute atomic E-state index is 12.5. The zero-order valence-corrected chi connectivity index (χ0v) is 12.7. The molecule has 5 heteroatoms. The second-order valence-electron chi connectivity index (χ2n) is 6.75. The van der Waals surface area contributed by atoms with Crippen LogP contribution < -0.4 is 15.1 Å². The number of anilines is 2. The number of carbonyl (C=O) groups excluding carboxylic acids is 2. The molecule has 1 N–H and O–H groups in total. The first kappa shape index (κ1) is 13.9. The monoisotopic (exact) mass is 287 g/mol. The summed E-state index contributed by atoms with van der Waals surface area (Å²) in [7, 11) is 0. The summed E-state index contributed by atoms with van der Waals surface area (Å²) in [5.41, 5.74) is 1.33. The summed E-state index contributed by atoms with van der Waals surface area (Å²) in [6, 6.07) is 7.72. The minimum Gasteiger partial charge on any atom is -0.333 e. The highest BCUT2D eigenvalue weighted by Gasteiger charge is 2.40. The molecule has 0 aromatic heterocycles. The number of nitrogens with one attached hydrogen (secondary N) is 1. The van der Waals surface area contributed by atoms with Crippen molar-refractivity contribution in [3.05, 3.63) is 24.3 Å². The predicted octanol–water partition coefficient (Wildman–Crippen LogP) is 2.51. The maximum Gasteiger partial charge on any atom is 0.322 e. The highest BCUT2D eigenvalue weighted by molar-refractivity contribution is 6.11. The Morgan fingerprint density at radius 2 is 1.81 bits per heavy atom. The predicted molar refractivity (Wildman–Crippen MR) is 82.6 cm³/mol. The fourth-order valence-corrected chi connectivity index (χ4v) is 2.63. The highest BCUT2D eigenvalue weighted by atomic mass is 16.2. The number of rotatable bonds is 1. The number of nitrogens with zero attached hydrogens (tertiary/aromatic N) is 2. The second kappa shape index (κ2) is 4.76. The molecular formula is C16H21N3O2. The first-order valence-corrected chi connectivity index (χ1v) is 7.37. The Balaban J connectivity index is 1.94. The Kier molecular flexibility index (Phi) is 3.15. The van der Waals surface area contributed by atoms with Gasteiger partial charge in [0, 0.05) is 11.6 Å². The van der Waals surface area contributed by atoms with E-state index in [0.717, 1.165) is 24.2 Å². The standard InChI is InChI=1S/C16H21N3O2/c1-16(2,3)17-15(21)18-10-14(20)19(11-8-9-11)13-7-5-4-6-12(13)18/h4-7,11H,8-10H2,1-3H3,(H,17,21). The van der Waals surface area contributed by atoms with Gasteiger partial charge in [-0.25, -0.2) is 4.79 Å². The fraction of sp³-hybridized carbons (Fsp3) is 0.500. The largest absolute Gasteiger partial charge is 0.333 e. The van der Waals surface area contributed by atoms with Crippen LogP contribution in [-0.2, 0) is 4.79 Å². The van der Waals surface area contributed by atoms with Crippen LogP contribution in [0, 0.1) is 0 Å². The molecule has 0 atom stereocenters. The van der Waals surface area contributed by atoms with E-state index in [0.29, 0.717) is 6.04 Å². The van der Waals surface area contributed by atoms with Crippen molar-refractivity contribution in [1.82, 2.24) is 5.32 Å². The van der Waals surface area contributed by atoms with Crippen LogP contribution in [0.4, 0.5) is 16.2 Å². The SMILES string of the molecule is CC(C)(C)NC(=O)N1CC(=O)N(C2CC2)c2ccccc21. The number of carbonyl (C=O) groups is 2. The molecule has 1 heterocycles. The Labute approximate surface area is 124 Å². The van der Waals surface area contributed by atoms with Crippen molar-refractivity contribution < 1.29 is 9.59 Å². The number of benzene rings is 1. The van der Waals surface area contributed by atoms with Gasteiger partial charge >= 0.3 is 6.03 Å². The Morgan fingerprint density at radius 1 is 1.19 bits per heavy atom. The summed E-state index contributed by atoms with van der Waals surface area (Å²) in [5.74, 6) is 0.000240. The van der Waals surface area contributed by atoms with E-state index < -0.39 is 0 Å². The van der Waals surface area contributed by atoms with Crippen LogP contribution >= 0.6 is 0 Å². The third-order valence-electron chi connectivity index (χ3n) is 3.63. The van der Waals surface area contributed by atoms with Crippen molar-refractivity contribution in [2.24, 2.45) is 0 Å². The van der Waals surface area contributed by atoms with Gasteiger partial charge in [0.2, 0.25) is 5.91 Å². The van der Waals surface area contributed by atoms with Crippen molar-refractivity contribution in [2.75, 3.05) is 16.3 Å². The van der Waals surface area contributed by atoms with E-state index in [1.165, 1.54) is 0 Å². The second-order valence-corrected chi connectivity index (χ2v) is 6.75. The van der Waals surface area contributed by atoms with Gasteiger partial charge in [-0.3, -0.25) is 9.69 Å². The lowest BCUT2D eigenvalue weighted by Gasteiger charge is -2.37. The lowest BCUT2D eigenvalue weighted by molar-refractivity contribution is -0.117. The van der Waals surface area contributed by atoms with Crippen molar-refractivity contribution in [2.45, 2.75) is 45.2 Å². The molecule has 1 aromatic carbocycles. The number of urea groups is 1. The summed E-state index contributed by atoms with van der Waals surface area (Å²) < 4.78 is 0. The minimum absolute atomic E-state index is 0.000240. The molecule has 1 aromatic rings. The summed E-state index contributed by atoms with van der Waals surface area (Å²) in [4.78, 5) is 28.3. The molecule has 2 aliphatic rings. The van der Waals surface area contributed by atoms with Crippen molar-refractivity contribution in [3.8, 4) is 0 Å². The normalized spacial score (nSPS) is 18.5. The van der Waals surface area contributed by atoms with Gasteiger partial charge in [0.05, 0.1) is 11.4 Å². The molecule has 112 valence electrons. The number of amides is 3. The number of hydrogen-bond donors (Lipinski definition) is 1. The van der Waals surface area contributed by atoms with Gasteiger partial charge in [-0.15, -0.1) is 0 Å². The topological polar surface area (TPSA) is 52.7 Å². The molecule has 1 aliphatic carbocycles. The molecule has 1 saturated carbocycles. The average molecular weight is 287 g/mol. The van der Waals surface area contributed by atoms with Gasteiger partial charge in [-0.1, -0.05) is 12.1 Å². The van der Waals surface area contributed by atoms with Crippen molar-refractivity contribution >= 4 is 23.3 Å². The molecule has 0 bridgehead atoms. The number of para-hydroxylation sites is 2. The van der Waals surface area contributed by atoms with Crippen molar-refractivity contribution in [3.63, 3.8) is 0 Å². The Bertz CT molecular complexity index is 587. The zero-order chi connectivity index (χ0) is 15.2. The van der Waals surface area contributed by atoms with Crippen molar-refractivity contribution in [1.29, 1.82) is 0 Å². The van der Waals surface area contributed by atoms with E-state index in [-0.39, 0.29) is 24.0 Å². The molecular weight excluding hydrogens is 266 g/mol. The van der Waals surface area contributed by atoms with Gasteiger partial charge in [0.1, 0.15) is 6.54 Å². The van der Waals surface area contributed by atoms with E-state index in [2.05, 4.69) is 5.32 Å². The quantitative estimate of drug-likeness (QED) is 0.863. The van der Waals surface area contributed by atoms with Crippen LogP contribution in [0.15, 0.2) is 24.3 Å². The van der Waals surface area contributed by atoms with E-state index >= 15 is 0 Å². The van der Waals surface area contributed by atoms with E-state index in [1.807, 2.05) is 49.9 Å². The van der Waals surface area contributed by atoms with Gasteiger partial charge in [0.25, 0.3) is 0 Å². The number of fused-ring (bicyclic) bond motifs is 1. The van der Waals surface area contributed by atoms with Gasteiger partial charge < -0.3 is 10.2 Å². The Hall–Kier alpha value is -2.04. The molecule has 0 saturated heterocycles. The third-order valence-corrected chi connectivity index (χ3v) is 3.63. The first-order chi connectivity index (χ1) is 9.87. The van der Waals surface area contributed by atoms with Gasteiger partial charge in [-0.2, -0.15) is 0 Å². The molecule has 5 nitrogen and oxygen atoms in total. The van der Waals surface area contributed by atoms with Crippen LogP contribution in [-0.4, -0.2) is 30.1 Å². The van der Waals surface area contributed by atoms with Crippen LogP contribution in [0.3, 0.4) is 0 Å².